The summed E-state index contributed by atoms with van der Waals surface area (Å²) in [5.74, 6) is 1.12. The Hall–Kier alpha value is -1.03. The second-order valence-corrected chi connectivity index (χ2v) is 5.77. The molecule has 4 heteroatoms. The predicted octanol–water partition coefficient (Wildman–Crippen LogP) is 2.43. The van der Waals surface area contributed by atoms with Crippen LogP contribution in [0.15, 0.2) is 11.1 Å². The van der Waals surface area contributed by atoms with Crippen molar-refractivity contribution in [1.82, 2.24) is 5.32 Å². The Morgan fingerprint density at radius 1 is 1.50 bits per heavy atom. The van der Waals surface area contributed by atoms with Crippen molar-refractivity contribution in [3.05, 3.63) is 21.4 Å². The fourth-order valence-electron chi connectivity index (χ4n) is 1.26. The fourth-order valence-corrected chi connectivity index (χ4v) is 2.23. The maximum atomic E-state index is 5.76. The minimum absolute atomic E-state index is 0.539. The molecule has 1 rings (SSSR count). The molecule has 0 radical (unpaired) electrons. The van der Waals surface area contributed by atoms with Crippen LogP contribution in [-0.2, 0) is 6.54 Å². The van der Waals surface area contributed by atoms with Gasteiger partial charge in [-0.25, -0.2) is 4.99 Å². The lowest BCUT2D eigenvalue weighted by atomic mass is 10.2. The first kappa shape index (κ1) is 13.0. The molecule has 0 amide bonds. The molecule has 16 heavy (non-hydrogen) atoms. The maximum Gasteiger partial charge on any atom is 0.188 e. The van der Waals surface area contributed by atoms with Crippen molar-refractivity contribution >= 4 is 17.3 Å². The molecular weight excluding hydrogens is 218 g/mol. The third-order valence-electron chi connectivity index (χ3n) is 2.31. The topological polar surface area (TPSA) is 50.4 Å². The van der Waals surface area contributed by atoms with Gasteiger partial charge < -0.3 is 11.1 Å². The first-order valence-corrected chi connectivity index (χ1v) is 6.40. The van der Waals surface area contributed by atoms with Gasteiger partial charge in [0.2, 0.25) is 0 Å². The van der Waals surface area contributed by atoms with Gasteiger partial charge in [-0.3, -0.25) is 0 Å². The van der Waals surface area contributed by atoms with Crippen LogP contribution >= 0.6 is 11.3 Å². The summed E-state index contributed by atoms with van der Waals surface area (Å²) in [6.45, 7) is 10.1. The van der Waals surface area contributed by atoms with Crippen molar-refractivity contribution in [1.29, 1.82) is 0 Å². The van der Waals surface area contributed by atoms with Gasteiger partial charge in [0, 0.05) is 16.3 Å². The Morgan fingerprint density at radius 2 is 2.19 bits per heavy atom. The average Bonchev–Trinajstić information content (AvgIpc) is 2.52. The van der Waals surface area contributed by atoms with Crippen molar-refractivity contribution in [3.8, 4) is 0 Å². The van der Waals surface area contributed by atoms with Crippen molar-refractivity contribution in [3.63, 3.8) is 0 Å². The number of aliphatic imine (C=N–C) groups is 1. The number of nitrogens with zero attached hydrogens (tertiary/aromatic N) is 1. The molecule has 0 aromatic carbocycles. The molecule has 1 aromatic rings. The van der Waals surface area contributed by atoms with Crippen LogP contribution < -0.4 is 11.1 Å². The van der Waals surface area contributed by atoms with Crippen LogP contribution in [0.3, 0.4) is 0 Å². The summed E-state index contributed by atoms with van der Waals surface area (Å²) in [5, 5.41) is 3.11. The molecule has 0 bridgehead atoms. The number of nitrogens with one attached hydrogen (secondary N) is 1. The molecule has 0 aliphatic carbocycles. The van der Waals surface area contributed by atoms with E-state index < -0.39 is 0 Å². The van der Waals surface area contributed by atoms with E-state index in [0.717, 1.165) is 6.54 Å². The quantitative estimate of drug-likeness (QED) is 0.626. The van der Waals surface area contributed by atoms with E-state index in [0.29, 0.717) is 18.4 Å². The standard InChI is InChI=1S/C12H21N3S/c1-8(2)6-14-12(13)15-7-11-5-9(3)10(4)16-11/h5,8H,6-7H2,1-4H3,(H3,13,14,15). The van der Waals surface area contributed by atoms with Crippen LogP contribution in [0.25, 0.3) is 0 Å². The highest BCUT2D eigenvalue weighted by molar-refractivity contribution is 7.12. The van der Waals surface area contributed by atoms with Crippen molar-refractivity contribution in [2.75, 3.05) is 6.54 Å². The Labute approximate surface area is 102 Å². The summed E-state index contributed by atoms with van der Waals surface area (Å²) in [4.78, 5) is 6.94. The van der Waals surface area contributed by atoms with Gasteiger partial charge in [-0.15, -0.1) is 11.3 Å². The lowest BCUT2D eigenvalue weighted by Crippen LogP contribution is -2.34. The molecule has 0 aliphatic heterocycles. The van der Waals surface area contributed by atoms with Crippen LogP contribution in [0, 0.1) is 19.8 Å². The molecule has 3 nitrogen and oxygen atoms in total. The van der Waals surface area contributed by atoms with E-state index in [1.165, 1.54) is 15.3 Å². The zero-order chi connectivity index (χ0) is 12.1. The first-order valence-electron chi connectivity index (χ1n) is 5.58. The molecule has 0 saturated heterocycles. The number of hydrogen-bond acceptors (Lipinski definition) is 2. The normalized spacial score (nSPS) is 12.2. The van der Waals surface area contributed by atoms with E-state index in [1.807, 2.05) is 0 Å². The SMILES string of the molecule is Cc1cc(CN=C(N)NCC(C)C)sc1C. The Bertz CT molecular complexity index is 347. The van der Waals surface area contributed by atoms with Crippen LogP contribution in [0.2, 0.25) is 0 Å². The number of rotatable bonds is 4. The van der Waals surface area contributed by atoms with Crippen molar-refractivity contribution in [2.24, 2.45) is 16.6 Å². The van der Waals surface area contributed by atoms with E-state index in [4.69, 9.17) is 5.73 Å². The van der Waals surface area contributed by atoms with Gasteiger partial charge >= 0.3 is 0 Å². The van der Waals surface area contributed by atoms with Crippen LogP contribution in [0.5, 0.6) is 0 Å². The smallest absolute Gasteiger partial charge is 0.188 e. The summed E-state index contributed by atoms with van der Waals surface area (Å²) in [5.41, 5.74) is 7.10. The highest BCUT2D eigenvalue weighted by Crippen LogP contribution is 2.20. The van der Waals surface area contributed by atoms with E-state index >= 15 is 0 Å². The van der Waals surface area contributed by atoms with Gasteiger partial charge in [0.25, 0.3) is 0 Å². The molecule has 0 aliphatic rings. The Balaban J connectivity index is 2.46. The van der Waals surface area contributed by atoms with E-state index in [2.05, 4.69) is 44.1 Å². The average molecular weight is 239 g/mol. The number of aryl methyl sites for hydroxylation is 2. The molecule has 0 unspecified atom stereocenters. The lowest BCUT2D eigenvalue weighted by molar-refractivity contribution is 0.622. The molecule has 1 aromatic heterocycles. The fraction of sp³-hybridized carbons (Fsp3) is 0.583. The molecule has 0 spiro atoms. The van der Waals surface area contributed by atoms with Gasteiger partial charge in [-0.05, 0) is 31.4 Å². The van der Waals surface area contributed by atoms with E-state index in [-0.39, 0.29) is 0 Å². The number of hydrogen-bond donors (Lipinski definition) is 2. The summed E-state index contributed by atoms with van der Waals surface area (Å²) in [7, 11) is 0. The summed E-state index contributed by atoms with van der Waals surface area (Å²) < 4.78 is 0. The van der Waals surface area contributed by atoms with E-state index in [9.17, 15) is 0 Å². The van der Waals surface area contributed by atoms with Crippen molar-refractivity contribution < 1.29 is 0 Å². The summed E-state index contributed by atoms with van der Waals surface area (Å²) >= 11 is 1.79. The highest BCUT2D eigenvalue weighted by atomic mass is 32.1. The third-order valence-corrected chi connectivity index (χ3v) is 3.45. The molecule has 0 fully saturated rings. The lowest BCUT2D eigenvalue weighted by Gasteiger charge is -2.07. The van der Waals surface area contributed by atoms with Crippen LogP contribution in [0.1, 0.15) is 29.2 Å². The predicted molar refractivity (Wildman–Crippen MR) is 72.0 cm³/mol. The van der Waals surface area contributed by atoms with Crippen molar-refractivity contribution in [2.45, 2.75) is 34.2 Å². The maximum absolute atomic E-state index is 5.76. The summed E-state index contributed by atoms with van der Waals surface area (Å²) in [6.07, 6.45) is 0. The van der Waals surface area contributed by atoms with Gasteiger partial charge in [0.1, 0.15) is 0 Å². The molecule has 0 atom stereocenters. The Kier molecular flexibility index (Phi) is 4.80. The molecule has 1 heterocycles. The second kappa shape index (κ2) is 5.89. The number of nitrogens with two attached hydrogens (primary N) is 1. The van der Waals surface area contributed by atoms with Gasteiger partial charge in [-0.2, -0.15) is 0 Å². The molecule has 90 valence electrons. The number of thiophene rings is 1. The minimum Gasteiger partial charge on any atom is -0.370 e. The van der Waals surface area contributed by atoms with Gasteiger partial charge in [0.05, 0.1) is 6.54 Å². The van der Waals surface area contributed by atoms with E-state index in [1.54, 1.807) is 11.3 Å². The van der Waals surface area contributed by atoms with Gasteiger partial charge in [0.15, 0.2) is 5.96 Å². The second-order valence-electron chi connectivity index (χ2n) is 4.43. The first-order chi connectivity index (χ1) is 7.49. The van der Waals surface area contributed by atoms with Crippen LogP contribution in [-0.4, -0.2) is 12.5 Å². The highest BCUT2D eigenvalue weighted by Gasteiger charge is 2.01. The summed E-state index contributed by atoms with van der Waals surface area (Å²) in [6, 6.07) is 2.18. The van der Waals surface area contributed by atoms with Gasteiger partial charge in [-0.1, -0.05) is 13.8 Å². The molecule has 0 saturated carbocycles. The third kappa shape index (κ3) is 4.23. The largest absolute Gasteiger partial charge is 0.370 e. The zero-order valence-corrected chi connectivity index (χ0v) is 11.3. The Morgan fingerprint density at radius 3 is 2.69 bits per heavy atom. The van der Waals surface area contributed by atoms with Crippen LogP contribution in [0.4, 0.5) is 0 Å². The zero-order valence-electron chi connectivity index (χ0n) is 10.5. The molecule has 3 N–H and O–H groups in total. The molecular formula is C12H21N3S. The minimum atomic E-state index is 0.539. The number of guanidine groups is 1. The monoisotopic (exact) mass is 239 g/mol.